The quantitative estimate of drug-likeness (QED) is 0.437. The predicted octanol–water partition coefficient (Wildman–Crippen LogP) is -2.57. The Morgan fingerprint density at radius 3 is 2.20 bits per heavy atom. The van der Waals surface area contributed by atoms with E-state index in [1.807, 2.05) is 0 Å². The molecule has 2 aromatic rings. The van der Waals surface area contributed by atoms with Gasteiger partial charge in [0.2, 0.25) is 0 Å². The first-order valence-corrected chi connectivity index (χ1v) is 9.41. The van der Waals surface area contributed by atoms with Crippen LogP contribution in [0.3, 0.4) is 0 Å². The normalized spacial score (nSPS) is 16.9. The van der Waals surface area contributed by atoms with Crippen molar-refractivity contribution in [3.05, 3.63) is 59.7 Å². The molecule has 1 N–H and O–H groups in total. The first-order valence-electron chi connectivity index (χ1n) is 6.56. The second kappa shape index (κ2) is 7.17. The molecule has 1 unspecified atom stereocenters. The van der Waals surface area contributed by atoms with Gasteiger partial charge in [0.05, 0.1) is 10.5 Å². The van der Waals surface area contributed by atoms with Crippen LogP contribution in [-0.2, 0) is 20.1 Å². The number of benzene rings is 2. The fraction of sp³-hybridized carbons (Fsp3) is 0.0714. The van der Waals surface area contributed by atoms with Gasteiger partial charge in [-0.3, -0.25) is 4.79 Å². The van der Waals surface area contributed by atoms with Crippen LogP contribution in [0.15, 0.2) is 58.3 Å². The molecular weight excluding hydrogens is 397 g/mol. The number of carbonyl (C=O) groups excluding carboxylic acids is 1. The van der Waals surface area contributed by atoms with Crippen molar-refractivity contribution in [3.8, 4) is 0 Å². The second-order valence-electron chi connectivity index (χ2n) is 4.97. The molecule has 0 aliphatic carbocycles. The van der Waals surface area contributed by atoms with E-state index in [1.54, 1.807) is 0 Å². The van der Waals surface area contributed by atoms with Crippen molar-refractivity contribution >= 4 is 26.0 Å². The minimum absolute atomic E-state index is 0. The van der Waals surface area contributed by atoms with Gasteiger partial charge in [0.25, 0.3) is 15.9 Å². The second-order valence-corrected chi connectivity index (χ2v) is 8.10. The Kier molecular flexibility index (Phi) is 5.93. The maximum atomic E-state index is 12.5. The maximum Gasteiger partial charge on any atom is 1.00 e. The largest absolute Gasteiger partial charge is 1.00 e. The smallest absolute Gasteiger partial charge is 0.744 e. The van der Waals surface area contributed by atoms with Gasteiger partial charge in [-0.15, -0.1) is 0 Å². The fourth-order valence-electron chi connectivity index (χ4n) is 2.49. The molecule has 0 aromatic heterocycles. The Labute approximate surface area is 186 Å². The summed E-state index contributed by atoms with van der Waals surface area (Å²) < 4.78 is 59.1. The molecule has 25 heavy (non-hydrogen) atoms. The summed E-state index contributed by atoms with van der Waals surface area (Å²) in [4.78, 5) is 11.3. The molecule has 0 saturated heterocycles. The summed E-state index contributed by atoms with van der Waals surface area (Å²) in [6, 6.07) is 9.91. The molecule has 0 spiro atoms. The Hall–Kier alpha value is -0.634. The summed E-state index contributed by atoms with van der Waals surface area (Å²) >= 11 is 0. The number of rotatable bonds is 3. The molecule has 8 nitrogen and oxygen atoms in total. The third-order valence-corrected chi connectivity index (χ3v) is 6.25. The summed E-state index contributed by atoms with van der Waals surface area (Å²) in [6.45, 7) is 0. The zero-order valence-corrected chi connectivity index (χ0v) is 17.6. The molecule has 1 amide bonds. The molecule has 3 rings (SSSR count). The molecule has 1 atom stereocenters. The van der Waals surface area contributed by atoms with E-state index >= 15 is 0 Å². The van der Waals surface area contributed by atoms with Gasteiger partial charge in [-0.25, -0.2) is 16.8 Å². The zero-order valence-electron chi connectivity index (χ0n) is 12.9. The van der Waals surface area contributed by atoms with Gasteiger partial charge in [-0.1, -0.05) is 30.3 Å². The molecule has 0 saturated carbocycles. The van der Waals surface area contributed by atoms with Crippen LogP contribution >= 0.6 is 0 Å². The summed E-state index contributed by atoms with van der Waals surface area (Å²) in [5, 5.41) is 10.4. The maximum absolute atomic E-state index is 12.5. The first-order chi connectivity index (χ1) is 11.2. The Morgan fingerprint density at radius 1 is 1.04 bits per heavy atom. The van der Waals surface area contributed by atoms with Crippen molar-refractivity contribution in [3.63, 3.8) is 0 Å². The number of fused-ring (bicyclic) bond motifs is 1. The molecule has 11 heteroatoms. The predicted molar refractivity (Wildman–Crippen MR) is 79.2 cm³/mol. The van der Waals surface area contributed by atoms with Crippen LogP contribution in [-0.4, -0.2) is 36.7 Å². The van der Waals surface area contributed by atoms with E-state index in [2.05, 4.69) is 0 Å². The number of aliphatic hydroxyl groups is 1. The molecular formula is C14H10KNO7S2. The molecule has 126 valence electrons. The van der Waals surface area contributed by atoms with Gasteiger partial charge < -0.3 is 9.66 Å². The summed E-state index contributed by atoms with van der Waals surface area (Å²) in [5.74, 6) is -1.00. The minimum Gasteiger partial charge on any atom is -0.744 e. The third kappa shape index (κ3) is 3.48. The Balaban J connectivity index is 0.00000225. The number of carbonyl (C=O) groups is 1. The van der Waals surface area contributed by atoms with Crippen LogP contribution in [0.5, 0.6) is 0 Å². The van der Waals surface area contributed by atoms with Crippen molar-refractivity contribution in [1.82, 2.24) is 4.31 Å². The van der Waals surface area contributed by atoms with Crippen LogP contribution in [0.25, 0.3) is 0 Å². The minimum atomic E-state index is -4.97. The van der Waals surface area contributed by atoms with Gasteiger partial charge in [0, 0.05) is 5.56 Å². The average molecular weight is 407 g/mol. The van der Waals surface area contributed by atoms with Crippen LogP contribution in [0.1, 0.15) is 22.1 Å². The van der Waals surface area contributed by atoms with Crippen LogP contribution in [0, 0.1) is 0 Å². The number of hydrogen-bond acceptors (Lipinski definition) is 7. The van der Waals surface area contributed by atoms with E-state index in [4.69, 9.17) is 0 Å². The average Bonchev–Trinajstić information content (AvgIpc) is 2.73. The number of hydrogen-bond donors (Lipinski definition) is 1. The van der Waals surface area contributed by atoms with Gasteiger partial charge in [0.15, 0.2) is 6.23 Å². The van der Waals surface area contributed by atoms with Crippen LogP contribution in [0.2, 0.25) is 0 Å². The number of amides is 1. The van der Waals surface area contributed by atoms with E-state index in [9.17, 15) is 31.3 Å². The fourth-order valence-corrected chi connectivity index (χ4v) is 4.79. The van der Waals surface area contributed by atoms with Crippen molar-refractivity contribution in [1.29, 1.82) is 0 Å². The zero-order chi connectivity index (χ0) is 17.7. The Morgan fingerprint density at radius 2 is 1.60 bits per heavy atom. The van der Waals surface area contributed by atoms with Crippen LogP contribution in [0.4, 0.5) is 0 Å². The summed E-state index contributed by atoms with van der Waals surface area (Å²) in [6.07, 6.45) is -2.14. The molecule has 1 aliphatic rings. The van der Waals surface area contributed by atoms with E-state index in [1.165, 1.54) is 36.4 Å². The van der Waals surface area contributed by atoms with Gasteiger partial charge in [-0.2, -0.15) is 4.31 Å². The summed E-state index contributed by atoms with van der Waals surface area (Å²) in [7, 11) is -9.34. The Bertz CT molecular complexity index is 1050. The van der Waals surface area contributed by atoms with E-state index < -0.39 is 42.7 Å². The SMILES string of the molecule is O=C1c2ccccc2S(=O)(=O)N1C(O)c1ccccc1S(=O)(=O)[O-].[K+]. The summed E-state index contributed by atoms with van der Waals surface area (Å²) in [5.41, 5.74) is -0.628. The number of sulfonamides is 1. The molecule has 0 fully saturated rings. The molecule has 1 heterocycles. The first kappa shape index (κ1) is 20.7. The monoisotopic (exact) mass is 407 g/mol. The van der Waals surface area contributed by atoms with Gasteiger partial charge in [0.1, 0.15) is 15.0 Å². The van der Waals surface area contributed by atoms with E-state index in [0.717, 1.165) is 12.1 Å². The molecule has 0 radical (unpaired) electrons. The molecule has 2 aromatic carbocycles. The van der Waals surface area contributed by atoms with Crippen molar-refractivity contribution in [2.45, 2.75) is 16.0 Å². The third-order valence-electron chi connectivity index (χ3n) is 3.54. The van der Waals surface area contributed by atoms with Crippen molar-refractivity contribution < 1.29 is 82.7 Å². The van der Waals surface area contributed by atoms with Crippen LogP contribution < -0.4 is 51.4 Å². The standard InChI is InChI=1S/C14H11NO7S2.K/c16-13-9-5-1-3-7-11(9)23(18,19)15(13)14(17)10-6-2-4-8-12(10)24(20,21)22;/h1-8,14,17H,(H,20,21,22);/q;+1/p-1. The number of nitrogens with zero attached hydrogens (tertiary/aromatic N) is 1. The number of aliphatic hydroxyl groups excluding tert-OH is 1. The molecule has 0 bridgehead atoms. The molecule has 1 aliphatic heterocycles. The van der Waals surface area contributed by atoms with Gasteiger partial charge >= 0.3 is 51.4 Å². The van der Waals surface area contributed by atoms with E-state index in [0.29, 0.717) is 0 Å². The van der Waals surface area contributed by atoms with E-state index in [-0.39, 0.29) is 66.1 Å². The topological polar surface area (TPSA) is 132 Å². The van der Waals surface area contributed by atoms with Gasteiger partial charge in [-0.05, 0) is 18.2 Å². The van der Waals surface area contributed by atoms with Crippen molar-refractivity contribution in [2.24, 2.45) is 0 Å². The van der Waals surface area contributed by atoms with Crippen molar-refractivity contribution in [2.75, 3.05) is 0 Å².